The fraction of sp³-hybridized carbons (Fsp3) is 0. The average molecular weight is 354 g/mol. The van der Waals surface area contributed by atoms with Gasteiger partial charge in [-0.25, -0.2) is 9.97 Å². The first kappa shape index (κ1) is 14.3. The van der Waals surface area contributed by atoms with E-state index in [1.54, 1.807) is 0 Å². The number of hydrogen-bond acceptors (Lipinski definition) is 2. The molecule has 0 aliphatic heterocycles. The van der Waals surface area contributed by atoms with Gasteiger partial charge in [0.05, 0.1) is 22.1 Å². The van der Waals surface area contributed by atoms with Gasteiger partial charge in [-0.05, 0) is 46.5 Å². The minimum absolute atomic E-state index is 1.04. The van der Waals surface area contributed by atoms with E-state index in [0.717, 1.165) is 22.1 Å². The van der Waals surface area contributed by atoms with E-state index < -0.39 is 0 Å². The summed E-state index contributed by atoms with van der Waals surface area (Å²) in [4.78, 5) is 9.92. The second-order valence-electron chi connectivity index (χ2n) is 7.47. The molecule has 0 fully saturated rings. The molecule has 0 unspecified atom stereocenters. The molecular formula is C26H14N2. The first-order valence-corrected chi connectivity index (χ1v) is 9.53. The van der Waals surface area contributed by atoms with Crippen molar-refractivity contribution in [1.82, 2.24) is 9.97 Å². The average Bonchev–Trinajstić information content (AvgIpc) is 2.76. The van der Waals surface area contributed by atoms with Gasteiger partial charge in [-0.2, -0.15) is 0 Å². The van der Waals surface area contributed by atoms with Crippen LogP contribution in [0.2, 0.25) is 0 Å². The van der Waals surface area contributed by atoms with Gasteiger partial charge in [-0.15, -0.1) is 0 Å². The zero-order valence-corrected chi connectivity index (χ0v) is 15.0. The first-order chi connectivity index (χ1) is 13.9. The van der Waals surface area contributed by atoms with Crippen LogP contribution in [-0.2, 0) is 0 Å². The van der Waals surface area contributed by atoms with Gasteiger partial charge in [-0.1, -0.05) is 54.6 Å². The second kappa shape index (κ2) is 4.93. The van der Waals surface area contributed by atoms with Crippen molar-refractivity contribution in [1.29, 1.82) is 0 Å². The minimum Gasteiger partial charge on any atom is -0.248 e. The van der Waals surface area contributed by atoms with Gasteiger partial charge in [0, 0.05) is 26.9 Å². The third kappa shape index (κ3) is 1.72. The predicted molar refractivity (Wildman–Crippen MR) is 118 cm³/mol. The molecule has 8 aromatic rings. The summed E-state index contributed by atoms with van der Waals surface area (Å²) < 4.78 is 0. The van der Waals surface area contributed by atoms with Gasteiger partial charge in [0.25, 0.3) is 0 Å². The van der Waals surface area contributed by atoms with E-state index in [0.29, 0.717) is 0 Å². The zero-order chi connectivity index (χ0) is 18.2. The standard InChI is InChI=1S/C26H14N2/c1-3-7-22-16(6-1)14-21-24(27-22)12-11-17-19-10-9-18(25(17)21)20-13-15-5-2-4-8-23(15)28-26(19)20/h1-14H. The molecule has 0 radical (unpaired) electrons. The monoisotopic (exact) mass is 354 g/mol. The lowest BCUT2D eigenvalue weighted by molar-refractivity contribution is 1.50. The van der Waals surface area contributed by atoms with E-state index in [4.69, 9.17) is 9.97 Å². The molecule has 0 spiro atoms. The summed E-state index contributed by atoms with van der Waals surface area (Å²) in [5.41, 5.74) is 4.22. The third-order valence-corrected chi connectivity index (χ3v) is 5.95. The van der Waals surface area contributed by atoms with Crippen molar-refractivity contribution in [3.8, 4) is 0 Å². The minimum atomic E-state index is 1.04. The normalized spacial score (nSPS) is 12.3. The van der Waals surface area contributed by atoms with E-state index >= 15 is 0 Å². The molecular weight excluding hydrogens is 340 g/mol. The third-order valence-electron chi connectivity index (χ3n) is 5.95. The van der Waals surface area contributed by atoms with Crippen LogP contribution in [0.3, 0.4) is 0 Å². The summed E-state index contributed by atoms with van der Waals surface area (Å²) in [6.07, 6.45) is 0. The van der Waals surface area contributed by atoms with Crippen LogP contribution in [0.15, 0.2) is 84.9 Å². The molecule has 0 amide bonds. The Morgan fingerprint density at radius 3 is 1.86 bits per heavy atom. The molecule has 2 bridgehead atoms. The Hall–Kier alpha value is -3.78. The van der Waals surface area contributed by atoms with Gasteiger partial charge in [0.2, 0.25) is 0 Å². The van der Waals surface area contributed by atoms with Gasteiger partial charge < -0.3 is 0 Å². The fourth-order valence-corrected chi connectivity index (χ4v) is 4.66. The summed E-state index contributed by atoms with van der Waals surface area (Å²) >= 11 is 0. The Bertz CT molecular complexity index is 1710. The molecule has 0 atom stereocenters. The Morgan fingerprint density at radius 1 is 0.429 bits per heavy atom. The van der Waals surface area contributed by atoms with Crippen LogP contribution in [0.5, 0.6) is 0 Å². The number of aromatic nitrogens is 2. The summed E-state index contributed by atoms with van der Waals surface area (Å²) in [7, 11) is 0. The SMILES string of the molecule is c1ccc2nc3ccc4c5ccc(c6cc7ccccc7nc56)c4c3cc2c1. The van der Waals surface area contributed by atoms with Crippen molar-refractivity contribution in [3.63, 3.8) is 0 Å². The molecule has 0 saturated carbocycles. The van der Waals surface area contributed by atoms with Gasteiger partial charge in [0.15, 0.2) is 0 Å². The molecule has 2 nitrogen and oxygen atoms in total. The number of hydrogen-bond donors (Lipinski definition) is 0. The lowest BCUT2D eigenvalue weighted by atomic mass is 9.91. The Morgan fingerprint density at radius 2 is 1.04 bits per heavy atom. The predicted octanol–water partition coefficient (Wildman–Crippen LogP) is 6.83. The van der Waals surface area contributed by atoms with Crippen LogP contribution in [0.25, 0.3) is 65.2 Å². The molecule has 2 heteroatoms. The van der Waals surface area contributed by atoms with Crippen LogP contribution in [0.1, 0.15) is 0 Å². The fourth-order valence-electron chi connectivity index (χ4n) is 4.66. The molecule has 8 rings (SSSR count). The number of nitrogens with zero attached hydrogens (tertiary/aromatic N) is 2. The van der Waals surface area contributed by atoms with Crippen molar-refractivity contribution in [2.75, 3.05) is 0 Å². The van der Waals surface area contributed by atoms with Crippen LogP contribution in [-0.4, -0.2) is 9.97 Å². The van der Waals surface area contributed by atoms with Crippen LogP contribution >= 0.6 is 0 Å². The highest BCUT2D eigenvalue weighted by Gasteiger charge is 2.15. The van der Waals surface area contributed by atoms with E-state index in [9.17, 15) is 0 Å². The summed E-state index contributed by atoms with van der Waals surface area (Å²) in [6.45, 7) is 0. The Kier molecular flexibility index (Phi) is 2.52. The number of benzene rings is 6. The van der Waals surface area contributed by atoms with Gasteiger partial charge in [0.1, 0.15) is 0 Å². The maximum Gasteiger partial charge on any atom is 0.0794 e. The summed E-state index contributed by atoms with van der Waals surface area (Å²) in [5, 5.41) is 9.81. The second-order valence-corrected chi connectivity index (χ2v) is 7.47. The van der Waals surface area contributed by atoms with Gasteiger partial charge >= 0.3 is 0 Å². The highest BCUT2D eigenvalue weighted by atomic mass is 14.7. The van der Waals surface area contributed by atoms with E-state index in [-0.39, 0.29) is 0 Å². The van der Waals surface area contributed by atoms with Crippen molar-refractivity contribution in [2.45, 2.75) is 0 Å². The molecule has 2 heterocycles. The number of para-hydroxylation sites is 2. The quantitative estimate of drug-likeness (QED) is 0.220. The molecule has 2 aromatic heterocycles. The van der Waals surface area contributed by atoms with E-state index in [2.05, 4.69) is 78.9 Å². The molecule has 0 aliphatic carbocycles. The lowest BCUT2D eigenvalue weighted by Crippen LogP contribution is -1.91. The van der Waals surface area contributed by atoms with E-state index in [1.165, 1.54) is 43.1 Å². The summed E-state index contributed by atoms with van der Waals surface area (Å²) in [5.74, 6) is 0. The largest absolute Gasteiger partial charge is 0.248 e. The highest BCUT2D eigenvalue weighted by molar-refractivity contribution is 6.33. The summed E-state index contributed by atoms with van der Waals surface area (Å²) in [6, 6.07) is 30.1. The lowest BCUT2D eigenvalue weighted by Gasteiger charge is -2.15. The maximum atomic E-state index is 5.00. The van der Waals surface area contributed by atoms with Crippen molar-refractivity contribution in [3.05, 3.63) is 84.9 Å². The van der Waals surface area contributed by atoms with Crippen LogP contribution in [0.4, 0.5) is 0 Å². The molecule has 6 aromatic carbocycles. The number of rotatable bonds is 0. The maximum absolute atomic E-state index is 5.00. The Balaban J connectivity index is 1.76. The van der Waals surface area contributed by atoms with E-state index in [1.807, 2.05) is 6.07 Å². The first-order valence-electron chi connectivity index (χ1n) is 9.53. The molecule has 0 saturated heterocycles. The van der Waals surface area contributed by atoms with Crippen molar-refractivity contribution >= 4 is 65.2 Å². The molecule has 0 N–H and O–H groups in total. The Labute approximate surface area is 160 Å². The molecule has 128 valence electrons. The smallest absolute Gasteiger partial charge is 0.0794 e. The molecule has 28 heavy (non-hydrogen) atoms. The number of fused-ring (bicyclic) bond motifs is 4. The zero-order valence-electron chi connectivity index (χ0n) is 15.0. The van der Waals surface area contributed by atoms with Gasteiger partial charge in [-0.3, -0.25) is 0 Å². The van der Waals surface area contributed by atoms with Crippen molar-refractivity contribution < 1.29 is 0 Å². The highest BCUT2D eigenvalue weighted by Crippen LogP contribution is 2.41. The van der Waals surface area contributed by atoms with Crippen LogP contribution < -0.4 is 0 Å². The van der Waals surface area contributed by atoms with Crippen molar-refractivity contribution in [2.24, 2.45) is 0 Å². The molecule has 0 aliphatic rings. The van der Waals surface area contributed by atoms with Crippen LogP contribution in [0, 0.1) is 0 Å². The topological polar surface area (TPSA) is 25.8 Å². The number of pyridine rings is 2.